The van der Waals surface area contributed by atoms with Gasteiger partial charge in [0.2, 0.25) is 11.2 Å². The summed E-state index contributed by atoms with van der Waals surface area (Å²) >= 11 is 0. The van der Waals surface area contributed by atoms with Gasteiger partial charge in [-0.2, -0.15) is 13.2 Å². The lowest BCUT2D eigenvalue weighted by atomic mass is 10.1. The van der Waals surface area contributed by atoms with E-state index in [1.807, 2.05) is 0 Å². The van der Waals surface area contributed by atoms with Crippen LogP contribution in [0.5, 0.6) is 17.2 Å². The molecule has 1 aliphatic rings. The average molecular weight is 464 g/mol. The minimum atomic E-state index is -5.02. The van der Waals surface area contributed by atoms with Crippen molar-refractivity contribution in [2.45, 2.75) is 12.3 Å². The van der Waals surface area contributed by atoms with Crippen molar-refractivity contribution in [1.29, 1.82) is 0 Å². The Morgan fingerprint density at radius 2 is 1.94 bits per heavy atom. The second kappa shape index (κ2) is 8.66. The predicted molar refractivity (Wildman–Crippen MR) is 106 cm³/mol. The molecule has 0 N–H and O–H groups in total. The monoisotopic (exact) mass is 464 g/mol. The van der Waals surface area contributed by atoms with E-state index in [9.17, 15) is 27.9 Å². The van der Waals surface area contributed by atoms with E-state index in [2.05, 4.69) is 0 Å². The molecule has 1 saturated heterocycles. The molecule has 4 rings (SSSR count). The van der Waals surface area contributed by atoms with Crippen LogP contribution in [-0.4, -0.2) is 37.8 Å². The maximum absolute atomic E-state index is 13.8. The van der Waals surface area contributed by atoms with E-state index in [0.717, 1.165) is 4.90 Å². The van der Waals surface area contributed by atoms with E-state index in [4.69, 9.17) is 18.6 Å². The number of halogens is 3. The molecule has 1 amide bonds. The molecule has 0 spiro atoms. The third kappa shape index (κ3) is 4.58. The molecule has 11 heteroatoms. The van der Waals surface area contributed by atoms with Gasteiger partial charge in [0.05, 0.1) is 19.1 Å². The van der Waals surface area contributed by atoms with Gasteiger partial charge in [-0.3, -0.25) is 4.79 Å². The first-order chi connectivity index (χ1) is 15.7. The van der Waals surface area contributed by atoms with Crippen LogP contribution in [0, 0.1) is 0 Å². The van der Waals surface area contributed by atoms with E-state index in [1.54, 1.807) is 6.07 Å². The van der Waals surface area contributed by atoms with Gasteiger partial charge < -0.3 is 33.4 Å². The Balaban J connectivity index is 1.78. The van der Waals surface area contributed by atoms with Crippen LogP contribution in [0.4, 0.5) is 18.0 Å². The molecule has 1 aliphatic heterocycles. The third-order valence-electron chi connectivity index (χ3n) is 5.09. The number of carbonyl (C=O) groups is 1. The minimum absolute atomic E-state index is 0.0407. The Morgan fingerprint density at radius 3 is 2.64 bits per heavy atom. The third-order valence-corrected chi connectivity index (χ3v) is 5.09. The number of benzene rings is 2. The summed E-state index contributed by atoms with van der Waals surface area (Å²) in [7, 11) is 1.38. The second-order valence-corrected chi connectivity index (χ2v) is 7.20. The lowest BCUT2D eigenvalue weighted by Gasteiger charge is -2.34. The molecular weight excluding hydrogens is 447 g/mol. The highest BCUT2D eigenvalue weighted by molar-refractivity contribution is 5.79. The first-order valence-corrected chi connectivity index (χ1v) is 9.74. The molecule has 3 aromatic rings. The van der Waals surface area contributed by atoms with Gasteiger partial charge in [-0.25, -0.2) is 0 Å². The van der Waals surface area contributed by atoms with Crippen LogP contribution in [0.2, 0.25) is 0 Å². The summed E-state index contributed by atoms with van der Waals surface area (Å²) in [6.07, 6.45) is -7.16. The SMILES string of the molecule is COc1cccc(Oc2c(C(F)(F)F)oc3cc(C4CN(C(=O)[O-])CCO4)ccc3c2=O)c1. The zero-order valence-electron chi connectivity index (χ0n) is 17.2. The van der Waals surface area contributed by atoms with Crippen molar-refractivity contribution in [2.24, 2.45) is 0 Å². The maximum Gasteiger partial charge on any atom is 0.453 e. The molecular formula is C22H17F3NO7-. The Hall–Kier alpha value is -3.73. The van der Waals surface area contributed by atoms with Crippen molar-refractivity contribution in [3.05, 3.63) is 64.0 Å². The lowest BCUT2D eigenvalue weighted by Crippen LogP contribution is -2.48. The number of alkyl halides is 3. The van der Waals surface area contributed by atoms with Crippen molar-refractivity contribution in [3.8, 4) is 17.2 Å². The molecule has 174 valence electrons. The van der Waals surface area contributed by atoms with Crippen molar-refractivity contribution in [3.63, 3.8) is 0 Å². The highest BCUT2D eigenvalue weighted by Gasteiger charge is 2.40. The molecule has 2 heterocycles. The second-order valence-electron chi connectivity index (χ2n) is 7.20. The zero-order chi connectivity index (χ0) is 23.8. The molecule has 2 aromatic carbocycles. The smallest absolute Gasteiger partial charge is 0.453 e. The Bertz CT molecular complexity index is 1250. The number of carboxylic acid groups (broad SMARTS) is 1. The number of nitrogens with zero attached hydrogens (tertiary/aromatic N) is 1. The van der Waals surface area contributed by atoms with E-state index in [0.29, 0.717) is 11.3 Å². The van der Waals surface area contributed by atoms with E-state index in [1.165, 1.54) is 43.5 Å². The van der Waals surface area contributed by atoms with Gasteiger partial charge in [0, 0.05) is 19.2 Å². The average Bonchev–Trinajstić information content (AvgIpc) is 2.80. The molecule has 0 aliphatic carbocycles. The van der Waals surface area contributed by atoms with Gasteiger partial charge in [0.15, 0.2) is 0 Å². The summed E-state index contributed by atoms with van der Waals surface area (Å²) in [6.45, 7) is 0.133. The summed E-state index contributed by atoms with van der Waals surface area (Å²) in [6, 6.07) is 9.75. The molecule has 0 bridgehead atoms. The molecule has 1 fully saturated rings. The predicted octanol–water partition coefficient (Wildman–Crippen LogP) is 3.33. The highest BCUT2D eigenvalue weighted by Crippen LogP contribution is 2.39. The maximum atomic E-state index is 13.8. The van der Waals surface area contributed by atoms with Crippen molar-refractivity contribution < 1.29 is 41.7 Å². The fraction of sp³-hybridized carbons (Fsp3) is 0.273. The van der Waals surface area contributed by atoms with Crippen LogP contribution >= 0.6 is 0 Å². The number of hydrogen-bond acceptors (Lipinski definition) is 7. The molecule has 1 atom stereocenters. The van der Waals surface area contributed by atoms with Crippen LogP contribution in [0.1, 0.15) is 17.4 Å². The fourth-order valence-corrected chi connectivity index (χ4v) is 3.47. The minimum Gasteiger partial charge on any atom is -0.530 e. The normalized spacial score (nSPS) is 16.6. The summed E-state index contributed by atoms with van der Waals surface area (Å²) in [5.41, 5.74) is -0.998. The number of amides is 1. The van der Waals surface area contributed by atoms with Gasteiger partial charge in [-0.15, -0.1) is 0 Å². The summed E-state index contributed by atoms with van der Waals surface area (Å²) in [5, 5.41) is 11.0. The number of ether oxygens (including phenoxy) is 3. The van der Waals surface area contributed by atoms with Crippen molar-refractivity contribution in [1.82, 2.24) is 4.90 Å². The van der Waals surface area contributed by atoms with Crippen LogP contribution in [-0.2, 0) is 10.9 Å². The van der Waals surface area contributed by atoms with Crippen LogP contribution in [0.25, 0.3) is 11.0 Å². The summed E-state index contributed by atoms with van der Waals surface area (Å²) < 4.78 is 62.2. The Labute approximate surface area is 184 Å². The topological polar surface area (TPSA) is 101 Å². The zero-order valence-corrected chi connectivity index (χ0v) is 17.2. The fourth-order valence-electron chi connectivity index (χ4n) is 3.47. The van der Waals surface area contributed by atoms with Crippen LogP contribution in [0.3, 0.4) is 0 Å². The van der Waals surface area contributed by atoms with Crippen molar-refractivity contribution in [2.75, 3.05) is 26.8 Å². The summed E-state index contributed by atoms with van der Waals surface area (Å²) in [4.78, 5) is 25.1. The Kier molecular flexibility index (Phi) is 5.90. The first-order valence-electron chi connectivity index (χ1n) is 9.74. The number of carbonyl (C=O) groups excluding carboxylic acids is 1. The van der Waals surface area contributed by atoms with E-state index < -0.39 is 35.3 Å². The van der Waals surface area contributed by atoms with Crippen molar-refractivity contribution >= 4 is 17.1 Å². The molecule has 0 saturated carbocycles. The van der Waals surface area contributed by atoms with E-state index >= 15 is 0 Å². The summed E-state index contributed by atoms with van der Waals surface area (Å²) in [5.74, 6) is -2.32. The molecule has 33 heavy (non-hydrogen) atoms. The molecule has 1 aromatic heterocycles. The Morgan fingerprint density at radius 1 is 1.18 bits per heavy atom. The lowest BCUT2D eigenvalue weighted by molar-refractivity contribution is -0.270. The number of morpholine rings is 1. The highest BCUT2D eigenvalue weighted by atomic mass is 19.4. The van der Waals surface area contributed by atoms with Crippen LogP contribution < -0.4 is 20.0 Å². The van der Waals surface area contributed by atoms with Crippen LogP contribution in [0.15, 0.2) is 51.7 Å². The largest absolute Gasteiger partial charge is 0.530 e. The molecule has 0 radical (unpaired) electrons. The van der Waals surface area contributed by atoms with Gasteiger partial charge in [0.25, 0.3) is 5.76 Å². The quantitative estimate of drug-likeness (QED) is 0.584. The molecule has 1 unspecified atom stereocenters. The van der Waals surface area contributed by atoms with Gasteiger partial charge in [-0.05, 0) is 29.8 Å². The first kappa shape index (κ1) is 22.5. The number of hydrogen-bond donors (Lipinski definition) is 0. The van der Waals surface area contributed by atoms with Gasteiger partial charge in [-0.1, -0.05) is 12.1 Å². The number of fused-ring (bicyclic) bond motifs is 1. The number of rotatable bonds is 4. The van der Waals surface area contributed by atoms with Gasteiger partial charge in [0.1, 0.15) is 29.3 Å². The van der Waals surface area contributed by atoms with E-state index in [-0.39, 0.29) is 36.4 Å². The standard InChI is InChI=1S/C22H18F3NO7/c1-30-13-3-2-4-14(10-13)32-19-18(27)15-6-5-12(9-16(15)33-20(19)22(23,24)25)17-11-26(21(28)29)7-8-31-17/h2-6,9-10,17H,7-8,11H2,1H3,(H,28,29)/p-1. The number of methoxy groups -OCH3 is 1. The van der Waals surface area contributed by atoms with Gasteiger partial charge >= 0.3 is 6.18 Å². The molecule has 8 nitrogen and oxygen atoms in total.